The number of carbonyl (C=O) groups excluding carboxylic acids is 2. The maximum atomic E-state index is 13.1. The van der Waals surface area contributed by atoms with Crippen molar-refractivity contribution in [1.82, 2.24) is 5.16 Å². The van der Waals surface area contributed by atoms with Crippen LogP contribution in [0.3, 0.4) is 0 Å². The van der Waals surface area contributed by atoms with Crippen molar-refractivity contribution < 1.29 is 19.2 Å². The normalized spacial score (nSPS) is 21.7. The van der Waals surface area contributed by atoms with Gasteiger partial charge in [-0.05, 0) is 47.6 Å². The lowest BCUT2D eigenvalue weighted by Gasteiger charge is -2.31. The summed E-state index contributed by atoms with van der Waals surface area (Å²) in [6.45, 7) is 4.07. The number of aryl methyl sites for hydroxylation is 1. The number of carbonyl (C=O) groups is 2. The number of nitrogens with zero attached hydrogens (tertiary/aromatic N) is 2. The molecule has 2 aliphatic carbocycles. The fourth-order valence-electron chi connectivity index (χ4n) is 5.32. The molecule has 5 rings (SSSR count). The van der Waals surface area contributed by atoms with E-state index < -0.39 is 0 Å². The zero-order valence-corrected chi connectivity index (χ0v) is 22.5. The van der Waals surface area contributed by atoms with E-state index in [4.69, 9.17) is 9.52 Å². The van der Waals surface area contributed by atoms with Gasteiger partial charge in [-0.15, -0.1) is 0 Å². The van der Waals surface area contributed by atoms with Gasteiger partial charge in [0.2, 0.25) is 0 Å². The Morgan fingerprint density at radius 1 is 1.05 bits per heavy atom. The van der Waals surface area contributed by atoms with E-state index in [9.17, 15) is 14.7 Å². The molecule has 1 unspecified atom stereocenters. The number of Topliss-reactive ketones (excluding diaryl/α,β-unsaturated/α-hetero) is 2. The Morgan fingerprint density at radius 2 is 1.78 bits per heavy atom. The highest BCUT2D eigenvalue weighted by Gasteiger charge is 2.37. The summed E-state index contributed by atoms with van der Waals surface area (Å²) in [4.78, 5) is 30.9. The van der Waals surface area contributed by atoms with Gasteiger partial charge in [0, 0.05) is 36.6 Å². The van der Waals surface area contributed by atoms with Gasteiger partial charge in [-0.25, -0.2) is 0 Å². The summed E-state index contributed by atoms with van der Waals surface area (Å²) in [7, 11) is 0. The molecule has 2 aromatic carbocycles. The zero-order chi connectivity index (χ0) is 26.2. The molecule has 37 heavy (non-hydrogen) atoms. The second-order valence-electron chi connectivity index (χ2n) is 10.7. The van der Waals surface area contributed by atoms with E-state index in [0.29, 0.717) is 54.8 Å². The van der Waals surface area contributed by atoms with Crippen LogP contribution in [0.4, 0.5) is 5.69 Å². The van der Waals surface area contributed by atoms with Crippen molar-refractivity contribution >= 4 is 38.9 Å². The fourth-order valence-corrected chi connectivity index (χ4v) is 5.58. The number of hydrogen-bond donors (Lipinski definition) is 1. The Morgan fingerprint density at radius 3 is 2.51 bits per heavy atom. The number of benzene rings is 2. The molecule has 1 atom stereocenters. The summed E-state index contributed by atoms with van der Waals surface area (Å²) in [5.41, 5.74) is 3.52. The first-order valence-corrected chi connectivity index (χ1v) is 13.3. The lowest BCUT2D eigenvalue weighted by molar-refractivity contribution is -0.117. The highest BCUT2D eigenvalue weighted by molar-refractivity contribution is 9.10. The van der Waals surface area contributed by atoms with E-state index in [1.807, 2.05) is 68.4 Å². The highest BCUT2D eigenvalue weighted by atomic mass is 79.9. The van der Waals surface area contributed by atoms with Crippen molar-refractivity contribution in [3.63, 3.8) is 0 Å². The number of rotatable bonds is 5. The summed E-state index contributed by atoms with van der Waals surface area (Å²) >= 11 is 3.43. The van der Waals surface area contributed by atoms with E-state index >= 15 is 0 Å². The van der Waals surface area contributed by atoms with Crippen molar-refractivity contribution in [1.29, 1.82) is 0 Å². The molecule has 1 fully saturated rings. The van der Waals surface area contributed by atoms with E-state index in [2.05, 4.69) is 21.1 Å². The number of halogens is 1. The number of aliphatic hydroxyl groups excluding tert-OH is 1. The Balaban J connectivity index is 1.39. The second-order valence-corrected chi connectivity index (χ2v) is 11.6. The van der Waals surface area contributed by atoms with Gasteiger partial charge in [0.25, 0.3) is 0 Å². The van der Waals surface area contributed by atoms with Crippen LogP contribution < -0.4 is 0 Å². The van der Waals surface area contributed by atoms with Gasteiger partial charge >= 0.3 is 0 Å². The molecule has 6 nitrogen and oxygen atoms in total. The Bertz CT molecular complexity index is 1400. The van der Waals surface area contributed by atoms with E-state index in [-0.39, 0.29) is 40.7 Å². The van der Waals surface area contributed by atoms with Crippen LogP contribution in [-0.4, -0.2) is 27.5 Å². The summed E-state index contributed by atoms with van der Waals surface area (Å²) in [6.07, 6.45) is 2.41. The van der Waals surface area contributed by atoms with Crippen molar-refractivity contribution in [2.45, 2.75) is 58.3 Å². The van der Waals surface area contributed by atoms with E-state index in [0.717, 1.165) is 15.7 Å². The van der Waals surface area contributed by atoms with Crippen molar-refractivity contribution in [3.05, 3.63) is 93.0 Å². The van der Waals surface area contributed by atoms with Crippen LogP contribution in [0.15, 0.2) is 79.9 Å². The third kappa shape index (κ3) is 5.52. The van der Waals surface area contributed by atoms with Gasteiger partial charge in [-0.3, -0.25) is 14.6 Å². The number of ketones is 2. The molecule has 0 bridgehead atoms. The number of fused-ring (bicyclic) bond motifs is 1. The van der Waals surface area contributed by atoms with Crippen molar-refractivity contribution in [2.75, 3.05) is 0 Å². The third-order valence-corrected chi connectivity index (χ3v) is 7.61. The second kappa shape index (κ2) is 10.2. The first kappa shape index (κ1) is 25.3. The number of aliphatic imine (C=N–C) groups is 1. The minimum atomic E-state index is -0.248. The van der Waals surface area contributed by atoms with Gasteiger partial charge in [-0.1, -0.05) is 65.3 Å². The van der Waals surface area contributed by atoms with Gasteiger partial charge < -0.3 is 9.63 Å². The largest absolute Gasteiger partial charge is 0.511 e. The van der Waals surface area contributed by atoms with Crippen LogP contribution in [0.1, 0.15) is 72.8 Å². The number of allylic oxidation sites excluding steroid dienone is 2. The molecular weight excluding hydrogens is 532 g/mol. The summed E-state index contributed by atoms with van der Waals surface area (Å²) in [6, 6.07) is 17.5. The third-order valence-electron chi connectivity index (χ3n) is 7.08. The van der Waals surface area contributed by atoms with Crippen LogP contribution in [0.2, 0.25) is 0 Å². The molecular formula is C30H29BrN2O4. The van der Waals surface area contributed by atoms with Gasteiger partial charge in [0.15, 0.2) is 11.6 Å². The first-order chi connectivity index (χ1) is 17.7. The van der Waals surface area contributed by atoms with Crippen LogP contribution in [0.25, 0.3) is 0 Å². The van der Waals surface area contributed by atoms with E-state index in [1.54, 1.807) is 0 Å². The molecule has 0 aliphatic heterocycles. The lowest BCUT2D eigenvalue weighted by Crippen LogP contribution is -2.32. The van der Waals surface area contributed by atoms with Crippen molar-refractivity contribution in [3.8, 4) is 0 Å². The molecule has 1 saturated carbocycles. The van der Waals surface area contributed by atoms with Crippen molar-refractivity contribution in [2.24, 2.45) is 10.4 Å². The predicted molar refractivity (Wildman–Crippen MR) is 146 cm³/mol. The minimum Gasteiger partial charge on any atom is -0.511 e. The van der Waals surface area contributed by atoms with Crippen LogP contribution >= 0.6 is 15.9 Å². The molecule has 0 radical (unpaired) electrons. The smallest absolute Gasteiger partial charge is 0.168 e. The van der Waals surface area contributed by atoms with Crippen LogP contribution in [-0.2, 0) is 17.6 Å². The lowest BCUT2D eigenvalue weighted by atomic mass is 9.73. The maximum absolute atomic E-state index is 13.1. The molecule has 1 aromatic heterocycles. The molecule has 2 aliphatic rings. The molecule has 0 saturated heterocycles. The molecule has 1 N–H and O–H groups in total. The Kier molecular flexibility index (Phi) is 6.99. The molecule has 0 spiro atoms. The molecule has 3 aromatic rings. The minimum absolute atomic E-state index is 0.00600. The first-order valence-electron chi connectivity index (χ1n) is 12.5. The molecule has 0 amide bonds. The van der Waals surface area contributed by atoms with Gasteiger partial charge in [0.05, 0.1) is 28.2 Å². The van der Waals surface area contributed by atoms with Gasteiger partial charge in [0.1, 0.15) is 11.5 Å². The maximum Gasteiger partial charge on any atom is 0.168 e. The van der Waals surface area contributed by atoms with Crippen LogP contribution in [0.5, 0.6) is 0 Å². The SMILES string of the molecule is CC1(C)CC(=O)C(=C(O)CCc2noc3c2C(=O)CC(c2ccccc2)C3)C(=Nc2ccc(Br)cc2)C1. The average Bonchev–Trinajstić information content (AvgIpc) is 3.27. The standard InChI is InChI=1S/C30H29BrN2O4/c1-30(2)16-23(32-21-10-8-20(31)9-11-21)28(26(36)17-30)24(34)13-12-22-29-25(35)14-19(15-27(29)37-33-22)18-6-4-3-5-7-18/h3-11,19,34H,12-17H2,1-2H3. The summed E-state index contributed by atoms with van der Waals surface area (Å²) in [5, 5.41) is 15.3. The van der Waals surface area contributed by atoms with Crippen LogP contribution in [0, 0.1) is 5.41 Å². The molecule has 7 heteroatoms. The monoisotopic (exact) mass is 560 g/mol. The average molecular weight is 561 g/mol. The molecule has 1 heterocycles. The predicted octanol–water partition coefficient (Wildman–Crippen LogP) is 7.26. The van der Waals surface area contributed by atoms with Gasteiger partial charge in [-0.2, -0.15) is 0 Å². The topological polar surface area (TPSA) is 92.8 Å². The highest BCUT2D eigenvalue weighted by Crippen LogP contribution is 2.38. The summed E-state index contributed by atoms with van der Waals surface area (Å²) < 4.78 is 6.52. The zero-order valence-electron chi connectivity index (χ0n) is 21.0. The Labute approximate surface area is 224 Å². The number of aromatic nitrogens is 1. The fraction of sp³-hybridized carbons (Fsp3) is 0.333. The molecule has 190 valence electrons. The summed E-state index contributed by atoms with van der Waals surface area (Å²) in [5.74, 6) is 0.539. The van der Waals surface area contributed by atoms with E-state index in [1.165, 1.54) is 0 Å². The Hall–Kier alpha value is -3.32. The quantitative estimate of drug-likeness (QED) is 0.262. The number of aliphatic hydroxyl groups is 1. The number of hydrogen-bond acceptors (Lipinski definition) is 6.